The number of hydrogen-bond acceptors (Lipinski definition) is 4. The van der Waals surface area contributed by atoms with Crippen molar-refractivity contribution >= 4 is 11.8 Å². The lowest BCUT2D eigenvalue weighted by Gasteiger charge is -2.30. The van der Waals surface area contributed by atoms with Gasteiger partial charge in [-0.15, -0.1) is 0 Å². The molecule has 1 atom stereocenters. The number of carbonyl (C=O) groups excluding carboxylic acids is 2. The minimum atomic E-state index is -0.369. The van der Waals surface area contributed by atoms with Gasteiger partial charge in [0.25, 0.3) is 5.91 Å². The first kappa shape index (κ1) is 14.7. The molecule has 1 aromatic carbocycles. The maximum Gasteiger partial charge on any atom is 0.257 e. The van der Waals surface area contributed by atoms with Crippen molar-refractivity contribution in [3.05, 3.63) is 35.9 Å². The molecule has 2 rings (SSSR count). The largest absolute Gasteiger partial charge is 0.396 e. The van der Waals surface area contributed by atoms with Crippen LogP contribution in [-0.2, 0) is 4.79 Å². The second-order valence-corrected chi connectivity index (χ2v) is 5.17. The summed E-state index contributed by atoms with van der Waals surface area (Å²) in [7, 11) is 0. The number of nitrogens with one attached hydrogen (secondary N) is 1. The maximum atomic E-state index is 11.9. The number of carbonyl (C=O) groups is 2. The fourth-order valence-corrected chi connectivity index (χ4v) is 2.47. The van der Waals surface area contributed by atoms with E-state index in [1.54, 1.807) is 24.3 Å². The molecule has 1 aliphatic heterocycles. The van der Waals surface area contributed by atoms with E-state index in [-0.39, 0.29) is 30.9 Å². The van der Waals surface area contributed by atoms with Crippen LogP contribution >= 0.6 is 0 Å². The third-order valence-corrected chi connectivity index (χ3v) is 3.52. The van der Waals surface area contributed by atoms with Crippen molar-refractivity contribution < 1.29 is 14.7 Å². The van der Waals surface area contributed by atoms with Crippen molar-refractivity contribution in [3.8, 4) is 0 Å². The highest BCUT2D eigenvalue weighted by atomic mass is 16.3. The van der Waals surface area contributed by atoms with E-state index < -0.39 is 0 Å². The second kappa shape index (κ2) is 7.17. The number of nitrogens with zero attached hydrogens (tertiary/aromatic N) is 1. The van der Waals surface area contributed by atoms with Crippen LogP contribution in [0.2, 0.25) is 0 Å². The van der Waals surface area contributed by atoms with E-state index in [4.69, 9.17) is 5.11 Å². The summed E-state index contributed by atoms with van der Waals surface area (Å²) in [5.74, 6) is -0.426. The van der Waals surface area contributed by atoms with E-state index in [9.17, 15) is 9.59 Å². The van der Waals surface area contributed by atoms with Gasteiger partial charge < -0.3 is 5.11 Å². The molecule has 2 amide bonds. The van der Waals surface area contributed by atoms with Crippen LogP contribution in [0.5, 0.6) is 0 Å². The number of rotatable bonds is 4. The normalized spacial score (nSPS) is 19.6. The first-order valence-corrected chi connectivity index (χ1v) is 6.91. The zero-order valence-corrected chi connectivity index (χ0v) is 11.4. The SMILES string of the molecule is O=C(CN1CCCC(CO)C1)NC(=O)c1ccccc1. The number of piperidine rings is 1. The van der Waals surface area contributed by atoms with Crippen molar-refractivity contribution in [2.75, 3.05) is 26.2 Å². The standard InChI is InChI=1S/C15H20N2O3/c18-11-12-5-4-8-17(9-12)10-14(19)16-15(20)13-6-2-1-3-7-13/h1-3,6-7,12,18H,4-5,8-11H2,(H,16,19,20). The Kier molecular flexibility index (Phi) is 5.26. The summed E-state index contributed by atoms with van der Waals surface area (Å²) in [6, 6.07) is 8.68. The van der Waals surface area contributed by atoms with Gasteiger partial charge in [-0.05, 0) is 37.4 Å². The summed E-state index contributed by atoms with van der Waals surface area (Å²) in [5.41, 5.74) is 0.479. The Morgan fingerprint density at radius 1 is 1.30 bits per heavy atom. The molecule has 0 aliphatic carbocycles. The topological polar surface area (TPSA) is 69.6 Å². The van der Waals surface area contributed by atoms with Gasteiger partial charge in [-0.25, -0.2) is 0 Å². The van der Waals surface area contributed by atoms with Crippen LogP contribution in [-0.4, -0.2) is 48.1 Å². The molecule has 5 heteroatoms. The minimum Gasteiger partial charge on any atom is -0.396 e. The molecule has 0 spiro atoms. The molecule has 0 radical (unpaired) electrons. The maximum absolute atomic E-state index is 11.9. The van der Waals surface area contributed by atoms with E-state index in [2.05, 4.69) is 5.32 Å². The van der Waals surface area contributed by atoms with Gasteiger partial charge in [-0.2, -0.15) is 0 Å². The molecule has 1 aliphatic rings. The number of imide groups is 1. The number of aliphatic hydroxyl groups excluding tert-OH is 1. The molecule has 0 aromatic heterocycles. The molecule has 1 heterocycles. The number of hydrogen-bond donors (Lipinski definition) is 2. The van der Waals surface area contributed by atoms with E-state index >= 15 is 0 Å². The first-order chi connectivity index (χ1) is 9.69. The molecule has 1 unspecified atom stereocenters. The number of benzene rings is 1. The predicted molar refractivity (Wildman–Crippen MR) is 75.2 cm³/mol. The van der Waals surface area contributed by atoms with Gasteiger partial charge in [0.2, 0.25) is 5.91 Å². The molecule has 0 saturated carbocycles. The molecular weight excluding hydrogens is 256 g/mol. The zero-order chi connectivity index (χ0) is 14.4. The highest BCUT2D eigenvalue weighted by Gasteiger charge is 2.21. The molecule has 1 fully saturated rings. The summed E-state index contributed by atoms with van der Waals surface area (Å²) in [6.45, 7) is 1.91. The van der Waals surface area contributed by atoms with Gasteiger partial charge in [0.1, 0.15) is 0 Å². The van der Waals surface area contributed by atoms with Crippen LogP contribution in [0.3, 0.4) is 0 Å². The number of aliphatic hydroxyl groups is 1. The van der Waals surface area contributed by atoms with E-state index in [1.165, 1.54) is 0 Å². The van der Waals surface area contributed by atoms with Crippen molar-refractivity contribution in [3.63, 3.8) is 0 Å². The average molecular weight is 276 g/mol. The Balaban J connectivity index is 1.82. The van der Waals surface area contributed by atoms with Gasteiger partial charge in [0.15, 0.2) is 0 Å². The van der Waals surface area contributed by atoms with Crippen LogP contribution in [0.15, 0.2) is 30.3 Å². The van der Waals surface area contributed by atoms with Gasteiger partial charge in [-0.1, -0.05) is 18.2 Å². The molecule has 1 saturated heterocycles. The number of amides is 2. The highest BCUT2D eigenvalue weighted by molar-refractivity contribution is 6.05. The summed E-state index contributed by atoms with van der Waals surface area (Å²) < 4.78 is 0. The quantitative estimate of drug-likeness (QED) is 0.847. The summed E-state index contributed by atoms with van der Waals surface area (Å²) in [5, 5.41) is 11.6. The molecule has 20 heavy (non-hydrogen) atoms. The molecule has 2 N–H and O–H groups in total. The molecule has 1 aromatic rings. The lowest BCUT2D eigenvalue weighted by molar-refractivity contribution is -0.121. The van der Waals surface area contributed by atoms with Gasteiger partial charge in [-0.3, -0.25) is 19.8 Å². The van der Waals surface area contributed by atoms with Gasteiger partial charge >= 0.3 is 0 Å². The first-order valence-electron chi connectivity index (χ1n) is 6.91. The van der Waals surface area contributed by atoms with Crippen LogP contribution in [0.1, 0.15) is 23.2 Å². The van der Waals surface area contributed by atoms with E-state index in [0.29, 0.717) is 12.1 Å². The third kappa shape index (κ3) is 4.15. The molecule has 108 valence electrons. The summed E-state index contributed by atoms with van der Waals surface area (Å²) in [6.07, 6.45) is 1.97. The Morgan fingerprint density at radius 3 is 2.75 bits per heavy atom. The smallest absolute Gasteiger partial charge is 0.257 e. The Labute approximate surface area is 118 Å². The summed E-state index contributed by atoms with van der Waals surface area (Å²) >= 11 is 0. The van der Waals surface area contributed by atoms with Crippen LogP contribution in [0, 0.1) is 5.92 Å². The zero-order valence-electron chi connectivity index (χ0n) is 11.4. The van der Waals surface area contributed by atoms with Crippen LogP contribution < -0.4 is 5.32 Å². The van der Waals surface area contributed by atoms with Gasteiger partial charge in [0.05, 0.1) is 6.54 Å². The van der Waals surface area contributed by atoms with E-state index in [0.717, 1.165) is 19.4 Å². The average Bonchev–Trinajstić information content (AvgIpc) is 2.48. The van der Waals surface area contributed by atoms with E-state index in [1.807, 2.05) is 11.0 Å². The predicted octanol–water partition coefficient (Wildman–Crippen LogP) is 0.647. The molecule has 5 nitrogen and oxygen atoms in total. The van der Waals surface area contributed by atoms with Gasteiger partial charge in [0, 0.05) is 18.7 Å². The van der Waals surface area contributed by atoms with Crippen molar-refractivity contribution in [1.82, 2.24) is 10.2 Å². The molecular formula is C15H20N2O3. The molecule has 0 bridgehead atoms. The lowest BCUT2D eigenvalue weighted by atomic mass is 9.99. The fourth-order valence-electron chi connectivity index (χ4n) is 2.47. The minimum absolute atomic E-state index is 0.154. The monoisotopic (exact) mass is 276 g/mol. The third-order valence-electron chi connectivity index (χ3n) is 3.52. The Bertz CT molecular complexity index is 461. The van der Waals surface area contributed by atoms with Crippen LogP contribution in [0.4, 0.5) is 0 Å². The highest BCUT2D eigenvalue weighted by Crippen LogP contribution is 2.15. The lowest BCUT2D eigenvalue weighted by Crippen LogP contribution is -2.44. The Hall–Kier alpha value is -1.72. The van der Waals surface area contributed by atoms with Crippen molar-refractivity contribution in [2.24, 2.45) is 5.92 Å². The van der Waals surface area contributed by atoms with Crippen LogP contribution in [0.25, 0.3) is 0 Å². The van der Waals surface area contributed by atoms with Crippen molar-refractivity contribution in [2.45, 2.75) is 12.8 Å². The second-order valence-electron chi connectivity index (χ2n) is 5.17. The summed E-state index contributed by atoms with van der Waals surface area (Å²) in [4.78, 5) is 25.7. The Morgan fingerprint density at radius 2 is 2.05 bits per heavy atom. The number of likely N-dealkylation sites (tertiary alicyclic amines) is 1. The van der Waals surface area contributed by atoms with Crippen molar-refractivity contribution in [1.29, 1.82) is 0 Å². The fraction of sp³-hybridized carbons (Fsp3) is 0.467.